The highest BCUT2D eigenvalue weighted by molar-refractivity contribution is 7.09. The van der Waals surface area contributed by atoms with Crippen molar-refractivity contribution in [3.8, 4) is 0 Å². The van der Waals surface area contributed by atoms with Gasteiger partial charge in [0.2, 0.25) is 0 Å². The van der Waals surface area contributed by atoms with E-state index in [9.17, 15) is 5.11 Å². The van der Waals surface area contributed by atoms with Gasteiger partial charge < -0.3 is 15.2 Å². The minimum atomic E-state index is -0.294. The third-order valence-corrected chi connectivity index (χ3v) is 3.17. The Labute approximate surface area is 101 Å². The zero-order valence-electron chi connectivity index (χ0n) is 10.1. The van der Waals surface area contributed by atoms with Crippen LogP contribution in [0.4, 0.5) is 0 Å². The van der Waals surface area contributed by atoms with Gasteiger partial charge in [0.05, 0.1) is 18.4 Å². The number of nitrogens with zero attached hydrogens (tertiary/aromatic N) is 1. The summed E-state index contributed by atoms with van der Waals surface area (Å²) >= 11 is 1.60. The van der Waals surface area contributed by atoms with Crippen molar-refractivity contribution < 1.29 is 9.84 Å². The standard InChI is InChI=1S/C11H20N2O2S/c1-8(2)10(14)5-12-4-9-7-16-11(13-9)6-15-3/h7-8,10,12,14H,4-6H2,1-3H3. The number of nitrogens with one attached hydrogen (secondary N) is 1. The highest BCUT2D eigenvalue weighted by Crippen LogP contribution is 2.10. The predicted molar refractivity (Wildman–Crippen MR) is 65.4 cm³/mol. The predicted octanol–water partition coefficient (Wildman–Crippen LogP) is 1.40. The molecule has 0 aromatic carbocycles. The van der Waals surface area contributed by atoms with Crippen molar-refractivity contribution in [2.75, 3.05) is 13.7 Å². The monoisotopic (exact) mass is 244 g/mol. The Morgan fingerprint density at radius 2 is 2.31 bits per heavy atom. The highest BCUT2D eigenvalue weighted by Gasteiger charge is 2.08. The average Bonchev–Trinajstić information content (AvgIpc) is 2.66. The number of rotatable bonds is 7. The second-order valence-electron chi connectivity index (χ2n) is 4.11. The molecule has 0 aliphatic heterocycles. The first kappa shape index (κ1) is 13.6. The van der Waals surface area contributed by atoms with Crippen LogP contribution in [0.2, 0.25) is 0 Å². The number of ether oxygens (including phenoxy) is 1. The number of hydrogen-bond donors (Lipinski definition) is 2. The Kier molecular flexibility index (Phi) is 5.90. The summed E-state index contributed by atoms with van der Waals surface area (Å²) in [7, 11) is 1.66. The summed E-state index contributed by atoms with van der Waals surface area (Å²) in [6.45, 7) is 5.88. The van der Waals surface area contributed by atoms with E-state index in [-0.39, 0.29) is 12.0 Å². The lowest BCUT2D eigenvalue weighted by molar-refractivity contribution is 0.123. The summed E-state index contributed by atoms with van der Waals surface area (Å²) in [6.07, 6.45) is -0.294. The molecule has 16 heavy (non-hydrogen) atoms. The van der Waals surface area contributed by atoms with Crippen LogP contribution in [0, 0.1) is 5.92 Å². The summed E-state index contributed by atoms with van der Waals surface area (Å²) in [5.74, 6) is 0.284. The molecule has 92 valence electrons. The maximum atomic E-state index is 9.59. The van der Waals surface area contributed by atoms with Crippen LogP contribution in [-0.2, 0) is 17.9 Å². The van der Waals surface area contributed by atoms with E-state index in [0.717, 1.165) is 10.7 Å². The van der Waals surface area contributed by atoms with Gasteiger partial charge in [-0.15, -0.1) is 11.3 Å². The molecule has 0 saturated heterocycles. The minimum Gasteiger partial charge on any atom is -0.392 e. The quantitative estimate of drug-likeness (QED) is 0.761. The summed E-state index contributed by atoms with van der Waals surface area (Å²) in [5, 5.41) is 15.8. The molecule has 0 fully saturated rings. The third-order valence-electron chi connectivity index (χ3n) is 2.30. The Morgan fingerprint density at radius 3 is 2.94 bits per heavy atom. The fourth-order valence-electron chi connectivity index (χ4n) is 1.20. The van der Waals surface area contributed by atoms with Crippen LogP contribution in [-0.4, -0.2) is 29.8 Å². The first-order valence-corrected chi connectivity index (χ1v) is 6.32. The van der Waals surface area contributed by atoms with Gasteiger partial charge in [-0.25, -0.2) is 4.98 Å². The van der Waals surface area contributed by atoms with Gasteiger partial charge in [0.25, 0.3) is 0 Å². The fourth-order valence-corrected chi connectivity index (χ4v) is 1.97. The number of methoxy groups -OCH3 is 1. The Bertz CT molecular complexity index is 302. The van der Waals surface area contributed by atoms with Gasteiger partial charge in [-0.2, -0.15) is 0 Å². The summed E-state index contributed by atoms with van der Waals surface area (Å²) in [5.41, 5.74) is 1.01. The number of aliphatic hydroxyl groups excluding tert-OH is 1. The molecule has 5 heteroatoms. The zero-order chi connectivity index (χ0) is 12.0. The average molecular weight is 244 g/mol. The summed E-state index contributed by atoms with van der Waals surface area (Å²) in [4.78, 5) is 4.39. The molecule has 0 radical (unpaired) electrons. The van der Waals surface area contributed by atoms with Gasteiger partial charge in [-0.1, -0.05) is 13.8 Å². The molecule has 1 rings (SSSR count). The molecule has 1 atom stereocenters. The lowest BCUT2D eigenvalue weighted by Crippen LogP contribution is -2.30. The molecule has 0 aliphatic carbocycles. The SMILES string of the molecule is COCc1nc(CNCC(O)C(C)C)cs1. The summed E-state index contributed by atoms with van der Waals surface area (Å²) in [6, 6.07) is 0. The number of thiazole rings is 1. The van der Waals surface area contributed by atoms with E-state index >= 15 is 0 Å². The van der Waals surface area contributed by atoms with Gasteiger partial charge in [0.15, 0.2) is 0 Å². The molecular weight excluding hydrogens is 224 g/mol. The first-order chi connectivity index (χ1) is 7.63. The molecule has 1 aromatic heterocycles. The largest absolute Gasteiger partial charge is 0.392 e. The fraction of sp³-hybridized carbons (Fsp3) is 0.727. The maximum absolute atomic E-state index is 9.59. The van der Waals surface area contributed by atoms with Crippen molar-refractivity contribution in [1.82, 2.24) is 10.3 Å². The van der Waals surface area contributed by atoms with Crippen LogP contribution < -0.4 is 5.32 Å². The van der Waals surface area contributed by atoms with Crippen molar-refractivity contribution in [1.29, 1.82) is 0 Å². The normalized spacial score (nSPS) is 13.3. The van der Waals surface area contributed by atoms with E-state index in [4.69, 9.17) is 4.74 Å². The van der Waals surface area contributed by atoms with E-state index < -0.39 is 0 Å². The van der Waals surface area contributed by atoms with Crippen molar-refractivity contribution in [2.24, 2.45) is 5.92 Å². The number of aromatic nitrogens is 1. The molecule has 1 heterocycles. The van der Waals surface area contributed by atoms with Gasteiger partial charge >= 0.3 is 0 Å². The van der Waals surface area contributed by atoms with Crippen molar-refractivity contribution in [2.45, 2.75) is 33.1 Å². The molecular formula is C11H20N2O2S. The molecule has 0 bridgehead atoms. The molecule has 4 nitrogen and oxygen atoms in total. The van der Waals surface area contributed by atoms with E-state index in [1.165, 1.54) is 0 Å². The van der Waals surface area contributed by atoms with E-state index in [1.54, 1.807) is 18.4 Å². The van der Waals surface area contributed by atoms with Crippen molar-refractivity contribution in [3.05, 3.63) is 16.1 Å². The van der Waals surface area contributed by atoms with Crippen molar-refractivity contribution in [3.63, 3.8) is 0 Å². The Hall–Kier alpha value is -0.490. The van der Waals surface area contributed by atoms with Gasteiger partial charge in [0.1, 0.15) is 5.01 Å². The van der Waals surface area contributed by atoms with Crippen LogP contribution in [0.15, 0.2) is 5.38 Å². The van der Waals surface area contributed by atoms with Crippen LogP contribution in [0.1, 0.15) is 24.5 Å². The number of hydrogen-bond acceptors (Lipinski definition) is 5. The Morgan fingerprint density at radius 1 is 1.56 bits per heavy atom. The highest BCUT2D eigenvalue weighted by atomic mass is 32.1. The first-order valence-electron chi connectivity index (χ1n) is 5.44. The molecule has 2 N–H and O–H groups in total. The van der Waals surface area contributed by atoms with Crippen LogP contribution >= 0.6 is 11.3 Å². The molecule has 0 amide bonds. The Balaban J connectivity index is 2.26. The van der Waals surface area contributed by atoms with Gasteiger partial charge in [0, 0.05) is 25.6 Å². The van der Waals surface area contributed by atoms with Gasteiger partial charge in [-0.3, -0.25) is 0 Å². The molecule has 0 aliphatic rings. The molecule has 1 unspecified atom stereocenters. The van der Waals surface area contributed by atoms with E-state index in [1.807, 2.05) is 19.2 Å². The second kappa shape index (κ2) is 6.96. The van der Waals surface area contributed by atoms with E-state index in [0.29, 0.717) is 19.7 Å². The minimum absolute atomic E-state index is 0.284. The molecule has 1 aromatic rings. The molecule has 0 saturated carbocycles. The summed E-state index contributed by atoms with van der Waals surface area (Å²) < 4.78 is 5.00. The topological polar surface area (TPSA) is 54.4 Å². The van der Waals surface area contributed by atoms with Crippen molar-refractivity contribution >= 4 is 11.3 Å². The van der Waals surface area contributed by atoms with E-state index in [2.05, 4.69) is 10.3 Å². The molecule has 0 spiro atoms. The lowest BCUT2D eigenvalue weighted by atomic mass is 10.1. The second-order valence-corrected chi connectivity index (χ2v) is 5.05. The number of aliphatic hydroxyl groups is 1. The van der Waals surface area contributed by atoms with Crippen LogP contribution in [0.5, 0.6) is 0 Å². The third kappa shape index (κ3) is 4.57. The van der Waals surface area contributed by atoms with Crippen LogP contribution in [0.25, 0.3) is 0 Å². The zero-order valence-corrected chi connectivity index (χ0v) is 10.9. The smallest absolute Gasteiger partial charge is 0.119 e. The maximum Gasteiger partial charge on any atom is 0.119 e. The van der Waals surface area contributed by atoms with Crippen LogP contribution in [0.3, 0.4) is 0 Å². The van der Waals surface area contributed by atoms with Gasteiger partial charge in [-0.05, 0) is 5.92 Å². The lowest BCUT2D eigenvalue weighted by Gasteiger charge is -2.14.